The van der Waals surface area contributed by atoms with Crippen LogP contribution in [0.5, 0.6) is 0 Å². The molecule has 0 unspecified atom stereocenters. The van der Waals surface area contributed by atoms with Crippen molar-refractivity contribution >= 4 is 27.4 Å². The van der Waals surface area contributed by atoms with Gasteiger partial charge >= 0.3 is 5.97 Å². The van der Waals surface area contributed by atoms with Crippen LogP contribution in [0.1, 0.15) is 50.5 Å². The summed E-state index contributed by atoms with van der Waals surface area (Å²) in [6.07, 6.45) is 9.56. The van der Waals surface area contributed by atoms with Crippen molar-refractivity contribution in [1.29, 1.82) is 0 Å². The number of likely N-dealkylation sites (N-methyl/N-ethyl adjacent to an activating group) is 1. The second kappa shape index (κ2) is 16.8. The summed E-state index contributed by atoms with van der Waals surface area (Å²) in [5.41, 5.74) is 0.127. The number of sulfone groups is 1. The number of carbonyl (C=O) groups excluding carboxylic acids is 2. The highest BCUT2D eigenvalue weighted by Gasteiger charge is 2.54. The molecule has 1 amide bonds. The average Bonchev–Trinajstić information content (AvgIpc) is 3.58. The largest absolute Gasteiger partial charge is 0.469 e. The summed E-state index contributed by atoms with van der Waals surface area (Å²) in [6.45, 7) is 6.19. The zero-order chi connectivity index (χ0) is 39.7. The van der Waals surface area contributed by atoms with Gasteiger partial charge < -0.3 is 24.3 Å². The van der Waals surface area contributed by atoms with Gasteiger partial charge in [-0.3, -0.25) is 14.5 Å². The molecule has 1 saturated carbocycles. The number of carbonyl (C=O) groups is 2. The van der Waals surface area contributed by atoms with Gasteiger partial charge in [0.15, 0.2) is 15.5 Å². The molecular weight excluding hydrogens is 737 g/mol. The van der Waals surface area contributed by atoms with Crippen LogP contribution in [0.3, 0.4) is 0 Å². The molecule has 0 radical (unpaired) electrons. The fourth-order valence-electron chi connectivity index (χ4n) is 10.3. The standard InChI is InChI=1S/C43H59F2N5O5S/c1-46(2)19-6-12-40(51)49-26-38(27-49)56(53,54)37-15-13-36(14-16-37)50-29-42(45,30-50)28-48-22-17-33(18-23-48)43(31-47-20-7-21-47,34-9-5-10-35(44)25-34)39-11-4-8-32(39)24-41(52)55-3/h5-6,9-10,12-16,25,32-33,38-39H,4,7-8,11,17-24,26-31H2,1-3H3/b12-6+/t32-,39+,43+/m1/s1. The predicted octanol–water partition coefficient (Wildman–Crippen LogP) is 4.79. The molecule has 306 valence electrons. The van der Waals surface area contributed by atoms with Gasteiger partial charge in [-0.25, -0.2) is 17.2 Å². The Morgan fingerprint density at radius 1 is 0.964 bits per heavy atom. The fourth-order valence-corrected chi connectivity index (χ4v) is 11.9. The number of benzene rings is 2. The van der Waals surface area contributed by atoms with Crippen molar-refractivity contribution < 1.29 is 31.5 Å². The number of likely N-dealkylation sites (tertiary alicyclic amines) is 3. The molecule has 5 fully saturated rings. The third kappa shape index (κ3) is 8.56. The number of piperidine rings is 1. The normalized spacial score (nSPS) is 24.8. The molecule has 2 aromatic carbocycles. The number of rotatable bonds is 15. The predicted molar refractivity (Wildman–Crippen MR) is 214 cm³/mol. The molecule has 7 rings (SSSR count). The Hall–Kier alpha value is -3.39. The summed E-state index contributed by atoms with van der Waals surface area (Å²) in [6, 6.07) is 13.9. The third-order valence-electron chi connectivity index (χ3n) is 13.4. The van der Waals surface area contributed by atoms with Gasteiger partial charge in [0.2, 0.25) is 5.91 Å². The van der Waals surface area contributed by atoms with E-state index < -0.39 is 20.8 Å². The number of esters is 1. The number of halogens is 2. The maximum atomic E-state index is 16.3. The topological polar surface area (TPSA) is 93.7 Å². The Morgan fingerprint density at radius 2 is 1.68 bits per heavy atom. The van der Waals surface area contributed by atoms with Gasteiger partial charge in [-0.2, -0.15) is 0 Å². The molecule has 4 aliphatic heterocycles. The Bertz CT molecular complexity index is 1840. The maximum Gasteiger partial charge on any atom is 0.305 e. The van der Waals surface area contributed by atoms with Crippen LogP contribution < -0.4 is 4.90 Å². The lowest BCUT2D eigenvalue weighted by atomic mass is 9.56. The molecular formula is C43H59F2N5O5S. The van der Waals surface area contributed by atoms with Crippen molar-refractivity contribution in [1.82, 2.24) is 19.6 Å². The molecule has 0 spiro atoms. The summed E-state index contributed by atoms with van der Waals surface area (Å²) in [5.74, 6) is 0.0665. The van der Waals surface area contributed by atoms with Gasteiger partial charge in [0.1, 0.15) is 11.1 Å². The van der Waals surface area contributed by atoms with Crippen LogP contribution in [0.25, 0.3) is 0 Å². The number of anilines is 1. The van der Waals surface area contributed by atoms with E-state index in [4.69, 9.17) is 4.74 Å². The molecule has 0 N–H and O–H groups in total. The molecule has 4 heterocycles. The van der Waals surface area contributed by atoms with E-state index in [0.29, 0.717) is 19.5 Å². The lowest BCUT2D eigenvalue weighted by Gasteiger charge is -2.54. The summed E-state index contributed by atoms with van der Waals surface area (Å²) >= 11 is 0. The maximum absolute atomic E-state index is 16.3. The molecule has 1 aliphatic carbocycles. The lowest BCUT2D eigenvalue weighted by Crippen LogP contribution is -2.64. The zero-order valence-corrected chi connectivity index (χ0v) is 34.1. The molecule has 10 nitrogen and oxygen atoms in total. The van der Waals surface area contributed by atoms with Gasteiger partial charge in [0.25, 0.3) is 0 Å². The van der Waals surface area contributed by atoms with E-state index in [1.807, 2.05) is 30.0 Å². The van der Waals surface area contributed by atoms with Gasteiger partial charge in [-0.1, -0.05) is 24.6 Å². The van der Waals surface area contributed by atoms with Gasteiger partial charge in [-0.05, 0) is 132 Å². The van der Waals surface area contributed by atoms with Crippen LogP contribution in [0.4, 0.5) is 14.5 Å². The molecule has 0 bridgehead atoms. The van der Waals surface area contributed by atoms with E-state index in [1.54, 1.807) is 41.3 Å². The van der Waals surface area contributed by atoms with Crippen LogP contribution in [0.15, 0.2) is 65.6 Å². The zero-order valence-electron chi connectivity index (χ0n) is 33.3. The second-order valence-corrected chi connectivity index (χ2v) is 19.6. The number of methoxy groups -OCH3 is 1. The monoisotopic (exact) mass is 795 g/mol. The highest BCUT2D eigenvalue weighted by atomic mass is 32.2. The Kier molecular flexibility index (Phi) is 12.3. The van der Waals surface area contributed by atoms with Crippen molar-refractivity contribution in [2.24, 2.45) is 17.8 Å². The molecule has 3 atom stereocenters. The number of hydrogen-bond donors (Lipinski definition) is 0. The second-order valence-electron chi connectivity index (χ2n) is 17.4. The van der Waals surface area contributed by atoms with Gasteiger partial charge in [0, 0.05) is 56.3 Å². The van der Waals surface area contributed by atoms with E-state index in [0.717, 1.165) is 82.5 Å². The van der Waals surface area contributed by atoms with Crippen LogP contribution in [0, 0.1) is 23.6 Å². The van der Waals surface area contributed by atoms with E-state index in [2.05, 4.69) is 15.9 Å². The van der Waals surface area contributed by atoms with Gasteiger partial charge in [0.05, 0.1) is 25.1 Å². The first-order valence-electron chi connectivity index (χ1n) is 20.5. The van der Waals surface area contributed by atoms with Crippen LogP contribution in [-0.2, 0) is 29.6 Å². The summed E-state index contributed by atoms with van der Waals surface area (Å²) < 4.78 is 63.0. The van der Waals surface area contributed by atoms with Crippen LogP contribution in [0.2, 0.25) is 0 Å². The molecule has 5 aliphatic rings. The Morgan fingerprint density at radius 3 is 2.30 bits per heavy atom. The molecule has 13 heteroatoms. The molecule has 0 aromatic heterocycles. The number of alkyl halides is 1. The van der Waals surface area contributed by atoms with Crippen molar-refractivity contribution in [3.8, 4) is 0 Å². The minimum atomic E-state index is -3.60. The highest BCUT2D eigenvalue weighted by molar-refractivity contribution is 7.92. The van der Waals surface area contributed by atoms with E-state index in [1.165, 1.54) is 19.3 Å². The fraction of sp³-hybridized carbons (Fsp3) is 0.628. The van der Waals surface area contributed by atoms with Crippen molar-refractivity contribution in [2.75, 3.05) is 98.1 Å². The molecule has 2 aromatic rings. The Labute approximate surface area is 331 Å². The first-order valence-corrected chi connectivity index (χ1v) is 22.0. The number of amides is 1. The quantitative estimate of drug-likeness (QED) is 0.187. The number of hydrogen-bond acceptors (Lipinski definition) is 9. The number of ether oxygens (including phenoxy) is 1. The Balaban J connectivity index is 0.964. The third-order valence-corrected chi connectivity index (χ3v) is 15.5. The first-order chi connectivity index (χ1) is 26.8. The summed E-state index contributed by atoms with van der Waals surface area (Å²) in [5, 5.41) is -0.639. The average molecular weight is 796 g/mol. The van der Waals surface area contributed by atoms with Crippen LogP contribution >= 0.6 is 0 Å². The summed E-state index contributed by atoms with van der Waals surface area (Å²) in [7, 11) is 1.67. The highest BCUT2D eigenvalue weighted by Crippen LogP contribution is 2.54. The van der Waals surface area contributed by atoms with Crippen molar-refractivity contribution in [3.05, 3.63) is 72.1 Å². The van der Waals surface area contributed by atoms with E-state index in [-0.39, 0.29) is 71.9 Å². The number of nitrogens with zero attached hydrogens (tertiary/aromatic N) is 5. The molecule has 56 heavy (non-hydrogen) atoms. The summed E-state index contributed by atoms with van der Waals surface area (Å²) in [4.78, 5) is 35.4. The minimum Gasteiger partial charge on any atom is -0.469 e. The molecule has 4 saturated heterocycles. The van der Waals surface area contributed by atoms with E-state index in [9.17, 15) is 18.0 Å². The first kappa shape index (κ1) is 40.8. The lowest BCUT2D eigenvalue weighted by molar-refractivity contribution is -0.142. The van der Waals surface area contributed by atoms with E-state index >= 15 is 8.78 Å². The van der Waals surface area contributed by atoms with Crippen molar-refractivity contribution in [3.63, 3.8) is 0 Å². The SMILES string of the molecule is COC(=O)C[C@H]1CCC[C@@H]1[C@](CN1CCC1)(c1cccc(F)c1)C1CCN(CC2(F)CN(c3ccc(S(=O)(=O)C4CN(C(=O)/C=C/CN(C)C)C4)cc3)C2)CC1. The smallest absolute Gasteiger partial charge is 0.305 e. The van der Waals surface area contributed by atoms with Crippen molar-refractivity contribution in [2.45, 2.75) is 66.2 Å². The minimum absolute atomic E-state index is 0.170. The van der Waals surface area contributed by atoms with Crippen LogP contribution in [-0.4, -0.2) is 144 Å². The van der Waals surface area contributed by atoms with Gasteiger partial charge in [-0.15, -0.1) is 0 Å².